The molecule has 27 aromatic rings. The predicted octanol–water partition coefficient (Wildman–Crippen LogP) is 36.8. The molecule has 5 nitrogen and oxygen atoms in total. The van der Waals surface area contributed by atoms with E-state index in [1.165, 1.54) is 260 Å². The second-order valence-corrected chi connectivity index (χ2v) is 40.7. The molecule has 5 heteroatoms. The Morgan fingerprint density at radius 3 is 0.697 bits per heavy atom. The van der Waals surface area contributed by atoms with Crippen molar-refractivity contribution in [3.63, 3.8) is 0 Å². The third kappa shape index (κ3) is 13.4. The van der Waals surface area contributed by atoms with Crippen LogP contribution in [0.25, 0.3) is 226 Å². The second-order valence-electron chi connectivity index (χ2n) is 40.7. The first kappa shape index (κ1) is 84.9. The van der Waals surface area contributed by atoms with E-state index in [4.69, 9.17) is 0 Å². The molecule has 1 unspecified atom stereocenters. The minimum absolute atomic E-state index is 0.0153. The van der Waals surface area contributed by atoms with Gasteiger partial charge in [-0.1, -0.05) is 373 Å². The Labute approximate surface area is 842 Å². The van der Waals surface area contributed by atoms with Crippen molar-refractivity contribution in [1.82, 2.24) is 22.8 Å². The summed E-state index contributed by atoms with van der Waals surface area (Å²) in [5, 5.41) is 12.7. The maximum absolute atomic E-state index is 2.49. The summed E-state index contributed by atoms with van der Waals surface area (Å²) >= 11 is 0. The average molecular weight is 1850 g/mol. The van der Waals surface area contributed by atoms with E-state index in [-0.39, 0.29) is 16.2 Å². The summed E-state index contributed by atoms with van der Waals surface area (Å²) in [4.78, 5) is 0. The van der Waals surface area contributed by atoms with Gasteiger partial charge >= 0.3 is 0 Å². The van der Waals surface area contributed by atoms with Gasteiger partial charge in [0, 0.05) is 98.5 Å². The van der Waals surface area contributed by atoms with E-state index >= 15 is 0 Å². The van der Waals surface area contributed by atoms with E-state index in [2.05, 4.69) is 567 Å². The van der Waals surface area contributed by atoms with Gasteiger partial charge in [0.05, 0.1) is 55.2 Å². The third-order valence-electron chi connectivity index (χ3n) is 32.1. The summed E-state index contributed by atoms with van der Waals surface area (Å²) in [6, 6.07) is 187. The summed E-state index contributed by atoms with van der Waals surface area (Å²) in [5.74, 6) is 0. The van der Waals surface area contributed by atoms with E-state index in [9.17, 15) is 0 Å². The van der Waals surface area contributed by atoms with Crippen LogP contribution >= 0.6 is 0 Å². The minimum atomic E-state index is -0.292. The van der Waals surface area contributed by atoms with Crippen LogP contribution in [0.2, 0.25) is 0 Å². The van der Waals surface area contributed by atoms with Crippen molar-refractivity contribution in [3.8, 4) is 117 Å². The summed E-state index contributed by atoms with van der Waals surface area (Å²) in [5.41, 5.74) is 47.6. The first-order chi connectivity index (χ1) is 71.3. The fraction of sp³-hybridized carbons (Fsp3) is 0.0571. The van der Waals surface area contributed by atoms with Gasteiger partial charge < -0.3 is 22.8 Å². The maximum Gasteiger partial charge on any atom is 0.0544 e. The molecule has 22 aromatic carbocycles. The predicted molar refractivity (Wildman–Crippen MR) is 611 cm³/mol. The lowest BCUT2D eigenvalue weighted by Crippen LogP contribution is -2.22. The van der Waals surface area contributed by atoms with Crippen molar-refractivity contribution in [2.24, 2.45) is 0 Å². The van der Waals surface area contributed by atoms with Gasteiger partial charge in [0.2, 0.25) is 0 Å². The molecule has 3 aliphatic carbocycles. The molecule has 0 saturated heterocycles. The summed E-state index contributed by atoms with van der Waals surface area (Å²) < 4.78 is 12.1. The quantitative estimate of drug-likeness (QED) is 0.123. The minimum Gasteiger partial charge on any atom is -0.309 e. The molecule has 0 fully saturated rings. The van der Waals surface area contributed by atoms with Gasteiger partial charge in [0.25, 0.3) is 0 Å². The molecule has 30 rings (SSSR count). The van der Waals surface area contributed by atoms with Crippen LogP contribution in [0, 0.1) is 0 Å². The van der Waals surface area contributed by atoms with Crippen molar-refractivity contribution in [1.29, 1.82) is 0 Å². The van der Waals surface area contributed by atoms with Gasteiger partial charge in [-0.05, 0) is 299 Å². The Hall–Kier alpha value is -18.2. The highest BCUT2D eigenvalue weighted by molar-refractivity contribution is 6.18. The fourth-order valence-corrected chi connectivity index (χ4v) is 25.0. The summed E-state index contributed by atoms with van der Waals surface area (Å²) in [6.45, 7) is 11.8. The topological polar surface area (TPSA) is 24.6 Å². The molecule has 0 saturated carbocycles. The van der Waals surface area contributed by atoms with Crippen molar-refractivity contribution in [3.05, 3.63) is 549 Å². The van der Waals surface area contributed by atoms with Gasteiger partial charge in [-0.3, -0.25) is 0 Å². The first-order valence-corrected chi connectivity index (χ1v) is 50.7. The highest BCUT2D eigenvalue weighted by Gasteiger charge is 2.43. The highest BCUT2D eigenvalue weighted by Crippen LogP contribution is 2.58. The van der Waals surface area contributed by atoms with Gasteiger partial charge in [-0.25, -0.2) is 0 Å². The Morgan fingerprint density at radius 2 is 0.352 bits per heavy atom. The number of nitrogens with zero attached hydrogens (tertiary/aromatic N) is 5. The smallest absolute Gasteiger partial charge is 0.0544 e. The molecule has 0 N–H and O–H groups in total. The Balaban J connectivity index is 0.000000109. The number of aromatic nitrogens is 5. The zero-order chi connectivity index (χ0) is 96.5. The molecule has 0 spiro atoms. The lowest BCUT2D eigenvalue weighted by Gasteiger charge is -2.28. The van der Waals surface area contributed by atoms with E-state index in [1.807, 2.05) is 0 Å². The molecule has 684 valence electrons. The maximum atomic E-state index is 2.49. The average Bonchev–Trinajstić information content (AvgIpc) is 1.54. The molecule has 3 aliphatic rings. The number of benzene rings is 22. The van der Waals surface area contributed by atoms with Crippen LogP contribution in [0.3, 0.4) is 0 Å². The van der Waals surface area contributed by atoms with E-state index in [1.54, 1.807) is 0 Å². The lowest BCUT2D eigenvalue weighted by atomic mass is 9.74. The number of rotatable bonds is 11. The van der Waals surface area contributed by atoms with Crippen molar-refractivity contribution in [2.45, 2.75) is 50.9 Å². The van der Waals surface area contributed by atoms with Gasteiger partial charge in [0.15, 0.2) is 0 Å². The van der Waals surface area contributed by atoms with Crippen molar-refractivity contribution in [2.75, 3.05) is 0 Å². The van der Waals surface area contributed by atoms with Gasteiger partial charge in [-0.15, -0.1) is 0 Å². The Bertz CT molecular complexity index is 9880. The van der Waals surface area contributed by atoms with Crippen molar-refractivity contribution < 1.29 is 0 Å². The van der Waals surface area contributed by atoms with Crippen LogP contribution in [0.4, 0.5) is 0 Å². The van der Waals surface area contributed by atoms with E-state index in [0.717, 1.165) is 5.69 Å². The zero-order valence-corrected chi connectivity index (χ0v) is 81.2. The fourth-order valence-electron chi connectivity index (χ4n) is 25.0. The van der Waals surface area contributed by atoms with Crippen molar-refractivity contribution >= 4 is 109 Å². The third-order valence-corrected chi connectivity index (χ3v) is 32.1. The van der Waals surface area contributed by atoms with E-state index < -0.39 is 0 Å². The van der Waals surface area contributed by atoms with Crippen LogP contribution in [-0.2, 0) is 16.2 Å². The van der Waals surface area contributed by atoms with Crippen LogP contribution in [0.5, 0.6) is 0 Å². The van der Waals surface area contributed by atoms with Crippen LogP contribution in [-0.4, -0.2) is 22.8 Å². The normalized spacial score (nSPS) is 14.0. The molecule has 5 heterocycles. The molecular weight excluding hydrogens is 1750 g/mol. The molecule has 0 radical (unpaired) electrons. The molecule has 0 bridgehead atoms. The lowest BCUT2D eigenvalue weighted by molar-refractivity contribution is 0.661. The van der Waals surface area contributed by atoms with Crippen LogP contribution < -0.4 is 0 Å². The Kier molecular flexibility index (Phi) is 19.5. The summed E-state index contributed by atoms with van der Waals surface area (Å²) in [6.07, 6.45) is 0. The Morgan fingerprint density at radius 1 is 0.131 bits per heavy atom. The number of fused-ring (bicyclic) bond motifs is 24. The van der Waals surface area contributed by atoms with Crippen LogP contribution in [0.15, 0.2) is 510 Å². The largest absolute Gasteiger partial charge is 0.309 e. The number of para-hydroxylation sites is 5. The molecule has 0 aliphatic heterocycles. The standard InChI is InChI=1S/C56H38N2.C51H36N2.C33H25N/c1-56(41-17-7-3-8-18-41)50-23-13-11-21-44(50)46-35-49-48-34-40(39-27-31-53-47(33-39)45-22-12-14-24-52(45)57(53)42-19-9-4-10-20-42)28-32-54(48)58(55(49)36-51(46)56)43-29-25-38(26-30-43)37-15-5-2-6-16-37;1-51(2)45-19-11-9-17-39(45)41-31-44-43-30-36(35-23-27-48-42(29-35)40-18-10-12-20-47(40)52(48)37-15-7-4-8-16-37)24-28-49(43)53(50(44)32-46(41)51)38-25-21-34(22-26-38)33-13-5-3-6-14-33;1-33(2)29-14-8-6-12-25(29)27-20-28-26-13-7-9-15-31(26)34(32(28)21-30(27)33)24-18-16-23(17-19-24)22-10-4-3-5-11-22/h2-36H,1H3;3-32H,1-2H3;3-21H,1-2H3. The van der Waals surface area contributed by atoms with Crippen LogP contribution in [0.1, 0.15) is 73.6 Å². The zero-order valence-electron chi connectivity index (χ0n) is 81.2. The van der Waals surface area contributed by atoms with E-state index in [0.29, 0.717) is 0 Å². The second kappa shape index (κ2) is 33.3. The molecule has 1 atom stereocenters. The summed E-state index contributed by atoms with van der Waals surface area (Å²) in [7, 11) is 0. The van der Waals surface area contributed by atoms with Gasteiger partial charge in [0.1, 0.15) is 0 Å². The highest BCUT2D eigenvalue weighted by atomic mass is 15.0. The first-order valence-electron chi connectivity index (χ1n) is 50.7. The number of hydrogen-bond acceptors (Lipinski definition) is 0. The molecule has 5 aromatic heterocycles. The number of hydrogen-bond donors (Lipinski definition) is 0. The van der Waals surface area contributed by atoms with Gasteiger partial charge in [-0.2, -0.15) is 0 Å². The molecule has 0 amide bonds. The molecular formula is C140H99N5. The monoisotopic (exact) mass is 1850 g/mol. The SMILES string of the molecule is CC1(C)c2ccccc2-c2cc3c4cc(-c5ccc6c(c5)c5ccccc5n6-c5ccccc5)ccc4n(-c4ccc(-c5ccccc5)cc4)c3cc21.CC1(C)c2ccccc2-c2cc3c4ccccc4n(-c4ccc(-c5ccccc5)cc4)c3cc21.CC1(c2ccccc2)c2ccccc2-c2cc3c4cc(-c5ccc6c(c5)c5ccccc5n6-c5ccccc5)ccc4n(-c4ccc(-c5ccccc5)cc4)c3cc21. The molecule has 145 heavy (non-hydrogen) atoms.